The number of nitrogens with two attached hydrogens (primary N) is 1. The van der Waals surface area contributed by atoms with Gasteiger partial charge in [0.2, 0.25) is 0 Å². The molecule has 4 unspecified atom stereocenters. The van der Waals surface area contributed by atoms with Crippen LogP contribution >= 0.6 is 0 Å². The van der Waals surface area contributed by atoms with Crippen LogP contribution in [0.5, 0.6) is 5.75 Å². The monoisotopic (exact) mass is 257 g/mol. The standard InChI is InChI=1S/C17H23NO/c18-15(17-13-5-3-6-14(13)17)10-11-8-9-19-16-7-2-1-4-12(11)16/h1-2,4,7,11,13-15,17H,3,5-6,8-10,18H2. The van der Waals surface area contributed by atoms with Crippen LogP contribution in [0.4, 0.5) is 0 Å². The molecule has 0 amide bonds. The number of fused-ring (bicyclic) bond motifs is 2. The van der Waals surface area contributed by atoms with E-state index in [1.807, 2.05) is 0 Å². The Morgan fingerprint density at radius 2 is 1.95 bits per heavy atom. The maximum atomic E-state index is 6.52. The number of para-hydroxylation sites is 1. The maximum absolute atomic E-state index is 6.52. The quantitative estimate of drug-likeness (QED) is 0.901. The van der Waals surface area contributed by atoms with Crippen molar-refractivity contribution in [2.75, 3.05) is 6.61 Å². The smallest absolute Gasteiger partial charge is 0.122 e. The van der Waals surface area contributed by atoms with Crippen LogP contribution in [0, 0.1) is 17.8 Å². The molecule has 1 aromatic rings. The Morgan fingerprint density at radius 3 is 2.79 bits per heavy atom. The van der Waals surface area contributed by atoms with E-state index in [1.165, 1.54) is 24.8 Å². The zero-order chi connectivity index (χ0) is 12.8. The topological polar surface area (TPSA) is 35.2 Å². The molecule has 0 radical (unpaired) electrons. The SMILES string of the molecule is NC(CC1CCOc2ccccc21)C1C2CCCC21. The van der Waals surface area contributed by atoms with Crippen LogP contribution in [0.3, 0.4) is 0 Å². The molecule has 2 aliphatic carbocycles. The van der Waals surface area contributed by atoms with E-state index in [4.69, 9.17) is 10.5 Å². The fraction of sp³-hybridized carbons (Fsp3) is 0.647. The van der Waals surface area contributed by atoms with Crippen molar-refractivity contribution >= 4 is 0 Å². The highest BCUT2D eigenvalue weighted by Crippen LogP contribution is 2.59. The van der Waals surface area contributed by atoms with Gasteiger partial charge in [0.05, 0.1) is 6.61 Å². The fourth-order valence-corrected chi connectivity index (χ4v) is 4.66. The largest absolute Gasteiger partial charge is 0.493 e. The molecule has 0 saturated heterocycles. The number of hydrogen-bond acceptors (Lipinski definition) is 2. The normalized spacial score (nSPS) is 37.1. The summed E-state index contributed by atoms with van der Waals surface area (Å²) in [5, 5.41) is 0. The molecule has 1 heterocycles. The first-order valence-electron chi connectivity index (χ1n) is 7.82. The van der Waals surface area contributed by atoms with Crippen LogP contribution in [0.1, 0.15) is 43.6 Å². The Kier molecular flexibility index (Phi) is 2.80. The van der Waals surface area contributed by atoms with Gasteiger partial charge in [-0.25, -0.2) is 0 Å². The predicted octanol–water partition coefficient (Wildman–Crippen LogP) is 3.32. The molecular formula is C17H23NO. The third-order valence-electron chi connectivity index (χ3n) is 5.61. The van der Waals surface area contributed by atoms with Crippen molar-refractivity contribution in [3.8, 4) is 5.75 Å². The summed E-state index contributed by atoms with van der Waals surface area (Å²) in [4.78, 5) is 0. The zero-order valence-electron chi connectivity index (χ0n) is 11.4. The average Bonchev–Trinajstić information content (AvgIpc) is 2.93. The Hall–Kier alpha value is -1.02. The second kappa shape index (κ2) is 4.52. The molecule has 1 aromatic carbocycles. The van der Waals surface area contributed by atoms with E-state index in [0.29, 0.717) is 12.0 Å². The van der Waals surface area contributed by atoms with Gasteiger partial charge >= 0.3 is 0 Å². The third-order valence-corrected chi connectivity index (χ3v) is 5.61. The van der Waals surface area contributed by atoms with Crippen molar-refractivity contribution in [3.63, 3.8) is 0 Å². The highest BCUT2D eigenvalue weighted by atomic mass is 16.5. The molecule has 4 rings (SSSR count). The maximum Gasteiger partial charge on any atom is 0.122 e. The van der Waals surface area contributed by atoms with Gasteiger partial charge in [0, 0.05) is 6.04 Å². The third kappa shape index (κ3) is 1.97. The Bertz CT molecular complexity index is 462. The second-order valence-electron chi connectivity index (χ2n) is 6.61. The van der Waals surface area contributed by atoms with Crippen molar-refractivity contribution in [2.24, 2.45) is 23.5 Å². The molecule has 2 fully saturated rings. The van der Waals surface area contributed by atoms with Crippen LogP contribution in [0.2, 0.25) is 0 Å². The van der Waals surface area contributed by atoms with Crippen LogP contribution in [0.15, 0.2) is 24.3 Å². The number of hydrogen-bond donors (Lipinski definition) is 1. The minimum Gasteiger partial charge on any atom is -0.493 e. The lowest BCUT2D eigenvalue weighted by molar-refractivity contribution is 0.255. The first kappa shape index (κ1) is 11.8. The number of ether oxygens (including phenoxy) is 1. The molecule has 0 bridgehead atoms. The van der Waals surface area contributed by atoms with E-state index in [-0.39, 0.29) is 0 Å². The molecule has 0 spiro atoms. The molecule has 1 aliphatic heterocycles. The van der Waals surface area contributed by atoms with Crippen LogP contribution in [-0.2, 0) is 0 Å². The molecule has 3 aliphatic rings. The van der Waals surface area contributed by atoms with E-state index >= 15 is 0 Å². The van der Waals surface area contributed by atoms with E-state index in [0.717, 1.165) is 43.0 Å². The summed E-state index contributed by atoms with van der Waals surface area (Å²) in [7, 11) is 0. The molecular weight excluding hydrogens is 234 g/mol. The molecule has 19 heavy (non-hydrogen) atoms. The summed E-state index contributed by atoms with van der Waals surface area (Å²) in [6.45, 7) is 0.853. The van der Waals surface area contributed by atoms with Crippen LogP contribution in [0.25, 0.3) is 0 Å². The first-order valence-corrected chi connectivity index (χ1v) is 7.82. The Labute approximate surface area is 115 Å². The van der Waals surface area contributed by atoms with Crippen molar-refractivity contribution < 1.29 is 4.74 Å². The van der Waals surface area contributed by atoms with Gasteiger partial charge in [-0.2, -0.15) is 0 Å². The summed E-state index contributed by atoms with van der Waals surface area (Å²) in [5.41, 5.74) is 7.90. The lowest BCUT2D eigenvalue weighted by Gasteiger charge is -2.28. The highest BCUT2D eigenvalue weighted by Gasteiger charge is 2.55. The van der Waals surface area contributed by atoms with Gasteiger partial charge in [0.15, 0.2) is 0 Å². The van der Waals surface area contributed by atoms with Crippen molar-refractivity contribution in [1.82, 2.24) is 0 Å². The molecule has 2 heteroatoms. The molecule has 2 saturated carbocycles. The summed E-state index contributed by atoms with van der Waals surface area (Å²) in [6, 6.07) is 8.91. The van der Waals surface area contributed by atoms with Gasteiger partial charge < -0.3 is 10.5 Å². The average molecular weight is 257 g/mol. The fourth-order valence-electron chi connectivity index (χ4n) is 4.66. The van der Waals surface area contributed by atoms with Gasteiger partial charge in [-0.05, 0) is 61.0 Å². The molecule has 4 atom stereocenters. The van der Waals surface area contributed by atoms with E-state index in [1.54, 1.807) is 0 Å². The van der Waals surface area contributed by atoms with Crippen molar-refractivity contribution in [2.45, 2.75) is 44.1 Å². The lowest BCUT2D eigenvalue weighted by Crippen LogP contribution is -2.29. The summed E-state index contributed by atoms with van der Waals surface area (Å²) < 4.78 is 5.75. The lowest BCUT2D eigenvalue weighted by atomic mass is 9.85. The molecule has 2 N–H and O–H groups in total. The van der Waals surface area contributed by atoms with Crippen LogP contribution in [-0.4, -0.2) is 12.6 Å². The minimum absolute atomic E-state index is 0.409. The van der Waals surface area contributed by atoms with Crippen molar-refractivity contribution in [1.29, 1.82) is 0 Å². The first-order chi connectivity index (χ1) is 9.34. The Morgan fingerprint density at radius 1 is 1.16 bits per heavy atom. The number of rotatable bonds is 3. The molecule has 0 aromatic heterocycles. The van der Waals surface area contributed by atoms with Gasteiger partial charge in [0.25, 0.3) is 0 Å². The predicted molar refractivity (Wildman–Crippen MR) is 76.2 cm³/mol. The highest BCUT2D eigenvalue weighted by molar-refractivity contribution is 5.37. The van der Waals surface area contributed by atoms with Gasteiger partial charge in [0.1, 0.15) is 5.75 Å². The zero-order valence-corrected chi connectivity index (χ0v) is 11.4. The van der Waals surface area contributed by atoms with Crippen molar-refractivity contribution in [3.05, 3.63) is 29.8 Å². The second-order valence-corrected chi connectivity index (χ2v) is 6.61. The van der Waals surface area contributed by atoms with Gasteiger partial charge in [-0.15, -0.1) is 0 Å². The van der Waals surface area contributed by atoms with E-state index in [9.17, 15) is 0 Å². The summed E-state index contributed by atoms with van der Waals surface area (Å²) >= 11 is 0. The van der Waals surface area contributed by atoms with E-state index in [2.05, 4.69) is 24.3 Å². The Balaban J connectivity index is 1.46. The number of benzene rings is 1. The molecule has 2 nitrogen and oxygen atoms in total. The van der Waals surface area contributed by atoms with E-state index < -0.39 is 0 Å². The summed E-state index contributed by atoms with van der Waals surface area (Å²) in [5.74, 6) is 4.49. The van der Waals surface area contributed by atoms with Gasteiger partial charge in [-0.3, -0.25) is 0 Å². The van der Waals surface area contributed by atoms with Crippen LogP contribution < -0.4 is 10.5 Å². The molecule has 102 valence electrons. The minimum atomic E-state index is 0.409. The summed E-state index contributed by atoms with van der Waals surface area (Å²) in [6.07, 6.45) is 6.60. The van der Waals surface area contributed by atoms with Gasteiger partial charge in [-0.1, -0.05) is 24.6 Å².